The van der Waals surface area contributed by atoms with Crippen molar-refractivity contribution in [3.63, 3.8) is 0 Å². The van der Waals surface area contributed by atoms with Gasteiger partial charge in [-0.15, -0.1) is 0 Å². The molecule has 3 atom stereocenters. The van der Waals surface area contributed by atoms with E-state index in [-0.39, 0.29) is 42.7 Å². The van der Waals surface area contributed by atoms with Crippen LogP contribution in [0, 0.1) is 5.92 Å². The summed E-state index contributed by atoms with van der Waals surface area (Å²) in [5.41, 5.74) is 32.0. The molecule has 0 fully saturated rings. The molecule has 0 saturated heterocycles. The molecule has 11 N–H and O–H groups in total. The molecule has 262 valence electrons. The van der Waals surface area contributed by atoms with Gasteiger partial charge in [0.25, 0.3) is 0 Å². The maximum atomic E-state index is 13.8. The number of hydrogen-bond donors (Lipinski definition) is 6. The molecular weight excluding hydrogens is 640 g/mol. The zero-order valence-electron chi connectivity index (χ0n) is 27.9. The van der Waals surface area contributed by atoms with Gasteiger partial charge in [-0.3, -0.25) is 24.4 Å². The lowest BCUT2D eigenvalue weighted by Gasteiger charge is -2.23. The van der Waals surface area contributed by atoms with Gasteiger partial charge < -0.3 is 34.0 Å². The van der Waals surface area contributed by atoms with Crippen LogP contribution in [0.25, 0.3) is 11.1 Å². The van der Waals surface area contributed by atoms with Gasteiger partial charge in [0.1, 0.15) is 0 Å². The molecule has 0 spiro atoms. The number of nitrogens with zero attached hydrogens (tertiary/aromatic N) is 2. The van der Waals surface area contributed by atoms with Crippen LogP contribution in [0.3, 0.4) is 0 Å². The number of benzene rings is 3. The Hall–Kier alpha value is -4.74. The molecule has 0 unspecified atom stereocenters. The van der Waals surface area contributed by atoms with Crippen LogP contribution in [0.2, 0.25) is 5.02 Å². The van der Waals surface area contributed by atoms with E-state index in [9.17, 15) is 14.4 Å². The van der Waals surface area contributed by atoms with Crippen LogP contribution < -0.4 is 34.0 Å². The van der Waals surface area contributed by atoms with Gasteiger partial charge in [0.15, 0.2) is 23.5 Å². The Bertz CT molecular complexity index is 1540. The van der Waals surface area contributed by atoms with E-state index in [1.807, 2.05) is 66.7 Å². The molecule has 0 heterocycles. The summed E-state index contributed by atoms with van der Waals surface area (Å²) < 4.78 is 0. The maximum Gasteiger partial charge on any atom is 0.224 e. The van der Waals surface area contributed by atoms with E-state index >= 15 is 0 Å². The fourth-order valence-corrected chi connectivity index (χ4v) is 5.58. The third-order valence-electron chi connectivity index (χ3n) is 8.19. The van der Waals surface area contributed by atoms with E-state index in [1.165, 1.54) is 0 Å². The number of amides is 1. The predicted molar refractivity (Wildman–Crippen MR) is 198 cm³/mol. The molecule has 0 radical (unpaired) electrons. The molecule has 0 aliphatic heterocycles. The van der Waals surface area contributed by atoms with E-state index in [2.05, 4.69) is 15.3 Å². The maximum absolute atomic E-state index is 13.8. The van der Waals surface area contributed by atoms with Crippen molar-refractivity contribution in [3.05, 3.63) is 95.0 Å². The lowest BCUT2D eigenvalue weighted by Crippen LogP contribution is -2.46. The van der Waals surface area contributed by atoms with Gasteiger partial charge in [-0.2, -0.15) is 0 Å². The number of nitrogens with two attached hydrogens (primary N) is 5. The first kappa shape index (κ1) is 38.7. The number of guanidine groups is 2. The molecular formula is C37H49ClN8O3. The molecule has 3 aromatic carbocycles. The Labute approximate surface area is 293 Å². The minimum atomic E-state index is -0.805. The topological polar surface area (TPSA) is 218 Å². The molecule has 0 bridgehead atoms. The number of aliphatic imine (C=N–C) groups is 2. The quantitative estimate of drug-likeness (QED) is 0.0550. The molecule has 0 aliphatic carbocycles. The minimum absolute atomic E-state index is 0.0339. The number of ketones is 2. The summed E-state index contributed by atoms with van der Waals surface area (Å²) in [4.78, 5) is 48.7. The SMILES string of the molecule is NC(N)=NCCCCCC(=O)[C@H](Cc1ccc(Cl)cc1)NC(=O)[C@H](CCCN=C(N)N)CC(=O)[C@@H](N)Cc1ccc(-c2ccccc2)cc1. The van der Waals surface area contributed by atoms with Crippen molar-refractivity contribution in [3.8, 4) is 11.1 Å². The van der Waals surface area contributed by atoms with Crippen molar-refractivity contribution in [1.82, 2.24) is 5.32 Å². The summed E-state index contributed by atoms with van der Waals surface area (Å²) in [6.07, 6.45) is 3.69. The van der Waals surface area contributed by atoms with Crippen molar-refractivity contribution >= 4 is 41.0 Å². The monoisotopic (exact) mass is 688 g/mol. The van der Waals surface area contributed by atoms with Gasteiger partial charge >= 0.3 is 0 Å². The van der Waals surface area contributed by atoms with E-state index in [4.69, 9.17) is 40.3 Å². The summed E-state index contributed by atoms with van der Waals surface area (Å²) in [6.45, 7) is 0.783. The molecule has 0 saturated carbocycles. The number of carbonyl (C=O) groups is 3. The number of unbranched alkanes of at least 4 members (excludes halogenated alkanes) is 2. The second-order valence-corrected chi connectivity index (χ2v) is 12.6. The van der Waals surface area contributed by atoms with Gasteiger partial charge in [0, 0.05) is 36.9 Å². The highest BCUT2D eigenvalue weighted by Gasteiger charge is 2.29. The molecule has 3 rings (SSSR count). The first-order valence-corrected chi connectivity index (χ1v) is 17.0. The molecule has 0 aromatic heterocycles. The van der Waals surface area contributed by atoms with Gasteiger partial charge in [-0.25, -0.2) is 0 Å². The van der Waals surface area contributed by atoms with Crippen LogP contribution in [-0.2, 0) is 27.2 Å². The van der Waals surface area contributed by atoms with Gasteiger partial charge in [0.2, 0.25) is 5.91 Å². The van der Waals surface area contributed by atoms with Crippen molar-refractivity contribution in [2.75, 3.05) is 13.1 Å². The van der Waals surface area contributed by atoms with Crippen molar-refractivity contribution in [2.45, 2.75) is 69.9 Å². The van der Waals surface area contributed by atoms with E-state index in [1.54, 1.807) is 12.1 Å². The highest BCUT2D eigenvalue weighted by atomic mass is 35.5. The number of halogens is 1. The zero-order chi connectivity index (χ0) is 35.6. The Morgan fingerprint density at radius 2 is 1.24 bits per heavy atom. The summed E-state index contributed by atoms with van der Waals surface area (Å²) in [6, 6.07) is 23.5. The van der Waals surface area contributed by atoms with E-state index < -0.39 is 23.9 Å². The van der Waals surface area contributed by atoms with Crippen molar-refractivity contribution in [2.24, 2.45) is 44.6 Å². The Morgan fingerprint density at radius 3 is 1.88 bits per heavy atom. The summed E-state index contributed by atoms with van der Waals surface area (Å²) in [5, 5.41) is 3.53. The van der Waals surface area contributed by atoms with Gasteiger partial charge in [-0.05, 0) is 72.9 Å². The number of carbonyl (C=O) groups excluding carboxylic acids is 3. The third kappa shape index (κ3) is 14.5. The Balaban J connectivity index is 1.69. The first-order chi connectivity index (χ1) is 23.5. The number of hydrogen-bond acceptors (Lipinski definition) is 6. The average molecular weight is 689 g/mol. The second kappa shape index (κ2) is 20.6. The van der Waals surface area contributed by atoms with Crippen LogP contribution in [0.4, 0.5) is 0 Å². The van der Waals surface area contributed by atoms with Crippen LogP contribution in [0.1, 0.15) is 56.1 Å². The minimum Gasteiger partial charge on any atom is -0.370 e. The fourth-order valence-electron chi connectivity index (χ4n) is 5.46. The number of rotatable bonds is 21. The highest BCUT2D eigenvalue weighted by Crippen LogP contribution is 2.21. The number of nitrogens with one attached hydrogen (secondary N) is 1. The Morgan fingerprint density at radius 1 is 0.673 bits per heavy atom. The summed E-state index contributed by atoms with van der Waals surface area (Å²) in [5.74, 6) is -1.48. The van der Waals surface area contributed by atoms with Crippen molar-refractivity contribution < 1.29 is 14.4 Å². The highest BCUT2D eigenvalue weighted by molar-refractivity contribution is 6.30. The van der Waals surface area contributed by atoms with Crippen LogP contribution in [-0.4, -0.2) is 54.6 Å². The largest absolute Gasteiger partial charge is 0.370 e. The van der Waals surface area contributed by atoms with E-state index in [0.717, 1.165) is 35.1 Å². The van der Waals surface area contributed by atoms with Crippen molar-refractivity contribution in [1.29, 1.82) is 0 Å². The number of Topliss-reactive ketones (excluding diaryl/α,β-unsaturated/α-hetero) is 2. The smallest absolute Gasteiger partial charge is 0.224 e. The zero-order valence-corrected chi connectivity index (χ0v) is 28.7. The van der Waals surface area contributed by atoms with Gasteiger partial charge in [-0.1, -0.05) is 84.8 Å². The van der Waals surface area contributed by atoms with Crippen LogP contribution in [0.15, 0.2) is 88.8 Å². The molecule has 1 amide bonds. The molecule has 3 aromatic rings. The molecule has 11 nitrogen and oxygen atoms in total. The molecule has 49 heavy (non-hydrogen) atoms. The fraction of sp³-hybridized carbons (Fsp3) is 0.378. The standard InChI is InChI=1S/C37H49ClN8O3/c38-30-18-14-26(15-19-30)23-32(33(47)11-5-2-6-20-44-36(40)41)46-35(49)29(10-7-21-45-37(42)43)24-34(48)31(39)22-25-12-16-28(17-13-25)27-8-3-1-4-9-27/h1,3-4,8-9,12-19,29,31-32H,2,5-7,10-11,20-24,39H2,(H,46,49)(H4,40,41,44)(H4,42,43,45)/t29-,31+,32+/m1/s1. The summed E-state index contributed by atoms with van der Waals surface area (Å²) >= 11 is 6.08. The second-order valence-electron chi connectivity index (χ2n) is 12.2. The lowest BCUT2D eigenvalue weighted by atomic mass is 9.90. The normalized spacial score (nSPS) is 12.7. The lowest BCUT2D eigenvalue weighted by molar-refractivity contribution is -0.133. The predicted octanol–water partition coefficient (Wildman–Crippen LogP) is 3.64. The summed E-state index contributed by atoms with van der Waals surface area (Å²) in [7, 11) is 0. The molecule has 0 aliphatic rings. The van der Waals surface area contributed by atoms with Gasteiger partial charge in [0.05, 0.1) is 12.1 Å². The first-order valence-electron chi connectivity index (χ1n) is 16.6. The van der Waals surface area contributed by atoms with Crippen LogP contribution >= 0.6 is 11.6 Å². The average Bonchev–Trinajstić information content (AvgIpc) is 3.08. The molecule has 12 heteroatoms. The van der Waals surface area contributed by atoms with E-state index in [0.29, 0.717) is 43.8 Å². The third-order valence-corrected chi connectivity index (χ3v) is 8.44. The Kier molecular flexibility index (Phi) is 16.3. The van der Waals surface area contributed by atoms with Crippen LogP contribution in [0.5, 0.6) is 0 Å².